The van der Waals surface area contributed by atoms with Crippen LogP contribution in [0.1, 0.15) is 102 Å². The Bertz CT molecular complexity index is 4530. The number of allylic oxidation sites excluding steroid dienone is 1. The lowest BCUT2D eigenvalue weighted by Crippen LogP contribution is -2.21. The van der Waals surface area contributed by atoms with Crippen molar-refractivity contribution in [3.8, 4) is 92.3 Å². The average molecular weight is 1260 g/mol. The van der Waals surface area contributed by atoms with Gasteiger partial charge in [0.05, 0.1) is 47.6 Å². The van der Waals surface area contributed by atoms with Crippen LogP contribution in [0.2, 0.25) is 5.15 Å². The number of nitriles is 2. The molecule has 1 unspecified atom stereocenters. The number of pyridine rings is 1. The maximum Gasteiger partial charge on any atom is 0.244 e. The zero-order chi connectivity index (χ0) is 65.8. The van der Waals surface area contributed by atoms with Gasteiger partial charge < -0.3 is 44.7 Å². The Hall–Kier alpha value is -11.0. The van der Waals surface area contributed by atoms with Gasteiger partial charge in [0.1, 0.15) is 86.1 Å². The van der Waals surface area contributed by atoms with Crippen molar-refractivity contribution in [2.45, 2.75) is 92.9 Å². The van der Waals surface area contributed by atoms with Crippen LogP contribution in [-0.2, 0) is 6.42 Å². The molecule has 1 atom stereocenters. The van der Waals surface area contributed by atoms with Crippen LogP contribution < -0.4 is 29.4 Å². The van der Waals surface area contributed by atoms with E-state index in [1.54, 1.807) is 39.0 Å². The highest BCUT2D eigenvalue weighted by molar-refractivity contribution is 6.31. The maximum atomic E-state index is 13.0. The van der Waals surface area contributed by atoms with Gasteiger partial charge in [0.25, 0.3) is 0 Å². The number of para-hydroxylation sites is 2. The number of unbranched alkanes of at least 4 members (excludes halogenated alkanes) is 3. The second-order valence-electron chi connectivity index (χ2n) is 21.5. The first kappa shape index (κ1) is 65.4. The molecule has 5 aromatic heterocycles. The summed E-state index contributed by atoms with van der Waals surface area (Å²) in [6.07, 6.45) is 6.43. The normalized spacial score (nSPS) is 12.2. The van der Waals surface area contributed by atoms with Crippen molar-refractivity contribution in [2.24, 2.45) is 5.73 Å². The van der Waals surface area contributed by atoms with Crippen molar-refractivity contribution in [1.82, 2.24) is 40.0 Å². The molecule has 1 aliphatic heterocycles. The van der Waals surface area contributed by atoms with E-state index in [0.717, 1.165) is 76.8 Å². The van der Waals surface area contributed by atoms with Crippen LogP contribution in [0.3, 0.4) is 0 Å². The zero-order valence-corrected chi connectivity index (χ0v) is 52.6. The summed E-state index contributed by atoms with van der Waals surface area (Å²) in [5, 5.41) is 70.9. The third-order valence-electron chi connectivity index (χ3n) is 15.3. The molecule has 0 saturated heterocycles. The molecule has 1 aliphatic rings. The van der Waals surface area contributed by atoms with Crippen LogP contribution in [0, 0.1) is 68.9 Å². The quantitative estimate of drug-likeness (QED) is 0.0350. The van der Waals surface area contributed by atoms with E-state index in [9.17, 15) is 34.6 Å². The van der Waals surface area contributed by atoms with E-state index >= 15 is 0 Å². The number of nitrogens with two attached hydrogens (primary N) is 1. The predicted octanol–water partition coefficient (Wildman–Crippen LogP) is 16.2. The number of ether oxygens (including phenoxy) is 5. The molecule has 0 fully saturated rings. The number of phenolic OH excluding ortho intramolecular Hbond substituents is 3. The zero-order valence-electron chi connectivity index (χ0n) is 51.9. The lowest BCUT2D eigenvalue weighted by atomic mass is 9.84. The molecule has 6 heterocycles. The number of hydrogen-bond acceptors (Lipinski definition) is 15. The molecule has 0 aliphatic carbocycles. The number of rotatable bonds is 16. The Kier molecular flexibility index (Phi) is 21.0. The number of methoxy groups -OCH3 is 1. The monoisotopic (exact) mass is 1260 g/mol. The van der Waals surface area contributed by atoms with Crippen LogP contribution in [-0.4, -0.2) is 69.0 Å². The number of hydrogen-bond donors (Lipinski definition) is 7. The molecule has 22 heteroatoms. The number of phenols is 3. The number of halogens is 3. The van der Waals surface area contributed by atoms with Crippen LogP contribution in [0.25, 0.3) is 39.2 Å². The number of nitrogens with one attached hydrogen (secondary N) is 3. The van der Waals surface area contributed by atoms with E-state index in [4.69, 9.17) is 41.0 Å². The lowest BCUT2D eigenvalue weighted by molar-refractivity contribution is 0.309. The largest absolute Gasteiger partial charge is 0.508 e. The van der Waals surface area contributed by atoms with Gasteiger partial charge in [-0.2, -0.15) is 20.7 Å². The Labute approximate surface area is 534 Å². The highest BCUT2D eigenvalue weighted by Gasteiger charge is 2.34. The number of H-pyrrole nitrogens is 3. The molecule has 6 aromatic carbocycles. The second kappa shape index (κ2) is 29.5. The fourth-order valence-corrected chi connectivity index (χ4v) is 10.6. The van der Waals surface area contributed by atoms with Crippen molar-refractivity contribution in [2.75, 3.05) is 13.7 Å². The number of benzene rings is 6. The smallest absolute Gasteiger partial charge is 0.244 e. The van der Waals surface area contributed by atoms with E-state index < -0.39 is 0 Å². The Morgan fingerprint density at radius 1 is 0.663 bits per heavy atom. The Morgan fingerprint density at radius 2 is 1.24 bits per heavy atom. The van der Waals surface area contributed by atoms with Crippen molar-refractivity contribution < 1.29 is 47.8 Å². The average Bonchev–Trinajstić information content (AvgIpc) is 1.56. The molecule has 472 valence electrons. The van der Waals surface area contributed by atoms with Gasteiger partial charge in [-0.1, -0.05) is 69.0 Å². The van der Waals surface area contributed by atoms with Crippen molar-refractivity contribution in [3.63, 3.8) is 0 Å². The third-order valence-corrected chi connectivity index (χ3v) is 15.7. The molecular weight excluding hydrogens is 1200 g/mol. The van der Waals surface area contributed by atoms with Crippen LogP contribution >= 0.6 is 11.6 Å². The van der Waals surface area contributed by atoms with E-state index in [-0.39, 0.29) is 40.7 Å². The highest BCUT2D eigenvalue weighted by atomic mass is 35.5. The predicted molar refractivity (Wildman–Crippen MR) is 347 cm³/mol. The van der Waals surface area contributed by atoms with Gasteiger partial charge in [0.15, 0.2) is 17.1 Å². The van der Waals surface area contributed by atoms with Gasteiger partial charge in [0.2, 0.25) is 11.8 Å². The van der Waals surface area contributed by atoms with Gasteiger partial charge in [0, 0.05) is 34.0 Å². The number of nitrogens with zero attached hydrogens (tertiary/aromatic N) is 7. The third kappa shape index (κ3) is 14.3. The number of aromatic hydroxyl groups is 3. The van der Waals surface area contributed by atoms with Crippen molar-refractivity contribution in [1.29, 1.82) is 10.5 Å². The first-order chi connectivity index (χ1) is 44.4. The fraction of sp³-hybridized carbons (Fsp3) is 0.229. The molecule has 0 bridgehead atoms. The minimum absolute atomic E-state index is 0.000453. The SMILES string of the molecule is CCCCCc1c(C)c(C#N)c2nc3ccccc3n2c1Cl.CCCCOc1ccc(C2C(C#N)=C(N)Oc3n[nH]c(C)c32)cc1.COc1ccc(-c2n[nH]c(C)c2Oc2ccc(F)cc2)c(O)c1.Cc1[nH]nc(-c2ccc(O)c(C)c2O)c1Oc1ccc(F)cc1. The van der Waals surface area contributed by atoms with E-state index in [0.29, 0.717) is 103 Å². The molecular formula is C70H68ClF2N11O8. The number of fused-ring (bicyclic) bond motifs is 4. The number of imidazole rings is 1. The van der Waals surface area contributed by atoms with Gasteiger partial charge in [-0.05, 0) is 168 Å². The van der Waals surface area contributed by atoms with E-state index in [1.807, 2.05) is 66.8 Å². The molecule has 0 spiro atoms. The van der Waals surface area contributed by atoms with Crippen LogP contribution in [0.15, 0.2) is 139 Å². The molecule has 0 saturated carbocycles. The van der Waals surface area contributed by atoms with Crippen LogP contribution in [0.4, 0.5) is 8.78 Å². The van der Waals surface area contributed by atoms with Gasteiger partial charge >= 0.3 is 0 Å². The Morgan fingerprint density at radius 3 is 1.83 bits per heavy atom. The number of aryl methyl sites for hydroxylation is 3. The molecule has 12 rings (SSSR count). The first-order valence-corrected chi connectivity index (χ1v) is 30.0. The van der Waals surface area contributed by atoms with Gasteiger partial charge in [-0.15, -0.1) is 5.10 Å². The van der Waals surface area contributed by atoms with Crippen molar-refractivity contribution in [3.05, 3.63) is 206 Å². The van der Waals surface area contributed by atoms with E-state index in [1.165, 1.54) is 74.2 Å². The number of aromatic nitrogens is 8. The standard InChI is InChI=1S/C18H18ClN3.C18H20N4O2.2C17H15FN2O3/c1-3-4-5-8-13-12(2)14(11-20)18-21-15-9-6-7-10-16(15)22(18)17(13)19;1-3-4-9-23-13-7-5-12(6-8-13)16-14(10-19)17(20)24-18-15(16)11(2)21-22-18;1-10-17(23-12-5-3-11(18)4-6-12)16(20-19-10)14-8-7-13(22-2)9-15(14)21;1-9-14(21)8-7-13(16(9)22)15-17(10(2)19-20-15)23-12-5-3-11(18)4-6-12/h6-7,9-10H,3-5,8H2,1-2H3;5-8,16H,3-4,9,20H2,1-2H3,(H,21,22);3-9,21H,1-2H3,(H,19,20);3-8,21-22H,1-2H3,(H,19,20). The summed E-state index contributed by atoms with van der Waals surface area (Å²) >= 11 is 6.69. The summed E-state index contributed by atoms with van der Waals surface area (Å²) in [5.41, 5.74) is 17.6. The molecule has 0 radical (unpaired) electrons. The molecule has 8 N–H and O–H groups in total. The minimum atomic E-state index is -0.353. The topological polar surface area (TPSA) is 284 Å². The second-order valence-corrected chi connectivity index (χ2v) is 21.9. The molecule has 0 amide bonds. The number of aromatic amines is 3. The first-order valence-electron chi connectivity index (χ1n) is 29.6. The Balaban J connectivity index is 0.000000145. The molecule has 92 heavy (non-hydrogen) atoms. The van der Waals surface area contributed by atoms with Crippen LogP contribution in [0.5, 0.6) is 57.6 Å². The van der Waals surface area contributed by atoms with Gasteiger partial charge in [-0.25, -0.2) is 13.8 Å². The maximum absolute atomic E-state index is 13.0. The van der Waals surface area contributed by atoms with Gasteiger partial charge in [-0.3, -0.25) is 19.7 Å². The van der Waals surface area contributed by atoms with E-state index in [2.05, 4.69) is 61.6 Å². The molecule has 11 aromatic rings. The summed E-state index contributed by atoms with van der Waals surface area (Å²) in [5.74, 6) is 2.69. The summed E-state index contributed by atoms with van der Waals surface area (Å²) in [4.78, 5) is 4.60. The lowest BCUT2D eigenvalue weighted by Gasteiger charge is -2.23. The summed E-state index contributed by atoms with van der Waals surface area (Å²) in [6, 6.07) is 39.4. The summed E-state index contributed by atoms with van der Waals surface area (Å²) in [6.45, 7) is 14.1. The molecule has 19 nitrogen and oxygen atoms in total. The summed E-state index contributed by atoms with van der Waals surface area (Å²) < 4.78 is 55.7. The minimum Gasteiger partial charge on any atom is -0.508 e. The fourth-order valence-electron chi connectivity index (χ4n) is 10.2. The van der Waals surface area contributed by atoms with Crippen molar-refractivity contribution >= 4 is 28.3 Å². The highest BCUT2D eigenvalue weighted by Crippen LogP contribution is 2.45. The summed E-state index contributed by atoms with van der Waals surface area (Å²) in [7, 11) is 1.52.